The van der Waals surface area contributed by atoms with Gasteiger partial charge in [-0.05, 0) is 62.1 Å². The molecule has 1 aliphatic rings. The molecule has 8 nitrogen and oxygen atoms in total. The molecule has 5 heterocycles. The van der Waals surface area contributed by atoms with Crippen molar-refractivity contribution in [2.75, 3.05) is 24.5 Å². The minimum absolute atomic E-state index is 0.546. The van der Waals surface area contributed by atoms with Gasteiger partial charge in [0.15, 0.2) is 11.5 Å². The summed E-state index contributed by atoms with van der Waals surface area (Å²) < 4.78 is 1.81. The van der Waals surface area contributed by atoms with Crippen LogP contribution in [0.4, 0.5) is 5.82 Å². The molecule has 8 heteroatoms. The molecule has 1 N–H and O–H groups in total. The van der Waals surface area contributed by atoms with Gasteiger partial charge >= 0.3 is 0 Å². The fourth-order valence-electron chi connectivity index (χ4n) is 4.30. The van der Waals surface area contributed by atoms with Crippen molar-refractivity contribution >= 4 is 16.9 Å². The lowest BCUT2D eigenvalue weighted by atomic mass is 10.0. The molecule has 0 unspecified atom stereocenters. The minimum atomic E-state index is 0.546. The SMILES string of the molecule is Cn1ncc2c(N3CCC(NCCCc4ccncc4)CC3)nc(-c3ccccn3)nc21. The third kappa shape index (κ3) is 4.45. The molecule has 164 valence electrons. The second-order valence-electron chi connectivity index (χ2n) is 8.27. The first-order valence-electron chi connectivity index (χ1n) is 11.3. The Bertz CT molecular complexity index is 1150. The number of fused-ring (bicyclic) bond motifs is 1. The van der Waals surface area contributed by atoms with Crippen molar-refractivity contribution in [1.82, 2.24) is 35.0 Å². The number of piperidine rings is 1. The maximum atomic E-state index is 4.92. The lowest BCUT2D eigenvalue weighted by Crippen LogP contribution is -2.43. The van der Waals surface area contributed by atoms with E-state index in [-0.39, 0.29) is 0 Å². The van der Waals surface area contributed by atoms with E-state index in [9.17, 15) is 0 Å². The highest BCUT2D eigenvalue weighted by Crippen LogP contribution is 2.28. The molecule has 0 spiro atoms. The second kappa shape index (κ2) is 9.40. The molecule has 0 saturated carbocycles. The molecule has 1 fully saturated rings. The zero-order valence-corrected chi connectivity index (χ0v) is 18.4. The van der Waals surface area contributed by atoms with Crippen molar-refractivity contribution in [3.8, 4) is 11.5 Å². The molecule has 1 aliphatic heterocycles. The Labute approximate surface area is 187 Å². The predicted molar refractivity (Wildman–Crippen MR) is 125 cm³/mol. The standard InChI is InChI=1S/C24H28N8/c1-31-23-20(17-28-31)24(30-22(29-23)21-6-2-3-11-27-21)32-15-9-19(10-16-32)26-12-4-5-18-7-13-25-14-8-18/h2-3,6-8,11,13-14,17,19,26H,4-5,9-10,12,15-16H2,1H3. The third-order valence-electron chi connectivity index (χ3n) is 6.09. The van der Waals surface area contributed by atoms with E-state index in [2.05, 4.69) is 37.4 Å². The van der Waals surface area contributed by atoms with Gasteiger partial charge in [-0.15, -0.1) is 0 Å². The van der Waals surface area contributed by atoms with Gasteiger partial charge in [0.05, 0.1) is 11.6 Å². The second-order valence-corrected chi connectivity index (χ2v) is 8.27. The van der Waals surface area contributed by atoms with Gasteiger partial charge in [0.1, 0.15) is 11.5 Å². The van der Waals surface area contributed by atoms with Crippen LogP contribution in [0, 0.1) is 0 Å². The maximum absolute atomic E-state index is 4.92. The van der Waals surface area contributed by atoms with Gasteiger partial charge in [-0.1, -0.05) is 6.07 Å². The molecular formula is C24H28N8. The summed E-state index contributed by atoms with van der Waals surface area (Å²) >= 11 is 0. The summed E-state index contributed by atoms with van der Waals surface area (Å²) in [6.45, 7) is 2.96. The van der Waals surface area contributed by atoms with E-state index in [1.165, 1.54) is 5.56 Å². The molecule has 0 atom stereocenters. The fourth-order valence-corrected chi connectivity index (χ4v) is 4.30. The first-order chi connectivity index (χ1) is 15.8. The van der Waals surface area contributed by atoms with Crippen LogP contribution in [0.25, 0.3) is 22.6 Å². The van der Waals surface area contributed by atoms with Gasteiger partial charge in [-0.25, -0.2) is 9.97 Å². The van der Waals surface area contributed by atoms with Crippen molar-refractivity contribution in [3.05, 3.63) is 60.7 Å². The number of nitrogens with zero attached hydrogens (tertiary/aromatic N) is 7. The number of anilines is 1. The zero-order chi connectivity index (χ0) is 21.8. The molecule has 32 heavy (non-hydrogen) atoms. The monoisotopic (exact) mass is 428 g/mol. The normalized spacial score (nSPS) is 14.8. The first-order valence-corrected chi connectivity index (χ1v) is 11.3. The fraction of sp³-hybridized carbons (Fsp3) is 0.375. The predicted octanol–water partition coefficient (Wildman–Crippen LogP) is 3.01. The van der Waals surface area contributed by atoms with Gasteiger partial charge < -0.3 is 10.2 Å². The van der Waals surface area contributed by atoms with E-state index in [0.29, 0.717) is 11.9 Å². The highest BCUT2D eigenvalue weighted by Gasteiger charge is 2.23. The number of hydrogen-bond donors (Lipinski definition) is 1. The Morgan fingerprint density at radius 2 is 1.88 bits per heavy atom. The van der Waals surface area contributed by atoms with Crippen molar-refractivity contribution in [2.24, 2.45) is 7.05 Å². The summed E-state index contributed by atoms with van der Waals surface area (Å²) in [5.74, 6) is 1.60. The topological polar surface area (TPSA) is 84.7 Å². The van der Waals surface area contributed by atoms with Crippen LogP contribution in [-0.2, 0) is 13.5 Å². The van der Waals surface area contributed by atoms with Crippen LogP contribution in [0.15, 0.2) is 55.1 Å². The summed E-state index contributed by atoms with van der Waals surface area (Å²) in [5.41, 5.74) is 2.97. The molecule has 1 saturated heterocycles. The lowest BCUT2D eigenvalue weighted by Gasteiger charge is -2.33. The summed E-state index contributed by atoms with van der Waals surface area (Å²) in [5, 5.41) is 9.16. The van der Waals surface area contributed by atoms with Gasteiger partial charge in [-0.2, -0.15) is 5.10 Å². The molecule has 0 bridgehead atoms. The number of aryl methyl sites for hydroxylation is 2. The van der Waals surface area contributed by atoms with Crippen molar-refractivity contribution in [3.63, 3.8) is 0 Å². The van der Waals surface area contributed by atoms with Crippen LogP contribution in [0.3, 0.4) is 0 Å². The largest absolute Gasteiger partial charge is 0.356 e. The molecule has 0 aliphatic carbocycles. The Balaban J connectivity index is 1.24. The number of pyridine rings is 2. The van der Waals surface area contributed by atoms with Crippen LogP contribution < -0.4 is 10.2 Å². The van der Waals surface area contributed by atoms with E-state index in [0.717, 1.165) is 67.9 Å². The van der Waals surface area contributed by atoms with Gasteiger partial charge in [0, 0.05) is 44.8 Å². The van der Waals surface area contributed by atoms with Crippen LogP contribution >= 0.6 is 0 Å². The Kier molecular flexibility index (Phi) is 6.02. The van der Waals surface area contributed by atoms with E-state index in [1.54, 1.807) is 6.20 Å². The van der Waals surface area contributed by atoms with Crippen LogP contribution in [0.1, 0.15) is 24.8 Å². The minimum Gasteiger partial charge on any atom is -0.356 e. The van der Waals surface area contributed by atoms with Crippen LogP contribution in [-0.4, -0.2) is 55.4 Å². The summed E-state index contributed by atoms with van der Waals surface area (Å²) in [6.07, 6.45) is 11.8. The Morgan fingerprint density at radius 3 is 2.66 bits per heavy atom. The smallest absolute Gasteiger partial charge is 0.182 e. The van der Waals surface area contributed by atoms with Gasteiger partial charge in [-0.3, -0.25) is 14.6 Å². The van der Waals surface area contributed by atoms with Crippen LogP contribution in [0.5, 0.6) is 0 Å². The molecule has 0 radical (unpaired) electrons. The zero-order valence-electron chi connectivity index (χ0n) is 18.4. The molecule has 4 aromatic rings. The quantitative estimate of drug-likeness (QED) is 0.453. The molecule has 5 rings (SSSR count). The van der Waals surface area contributed by atoms with E-state index in [1.807, 2.05) is 48.5 Å². The Morgan fingerprint density at radius 1 is 1.03 bits per heavy atom. The number of nitrogens with one attached hydrogen (secondary N) is 1. The van der Waals surface area contributed by atoms with Crippen molar-refractivity contribution in [2.45, 2.75) is 31.7 Å². The number of hydrogen-bond acceptors (Lipinski definition) is 7. The molecule has 0 amide bonds. The third-order valence-corrected chi connectivity index (χ3v) is 6.09. The van der Waals surface area contributed by atoms with E-state index < -0.39 is 0 Å². The highest BCUT2D eigenvalue weighted by atomic mass is 15.3. The maximum Gasteiger partial charge on any atom is 0.182 e. The first kappa shape index (κ1) is 20.5. The molecule has 0 aromatic carbocycles. The summed E-state index contributed by atoms with van der Waals surface area (Å²) in [4.78, 5) is 20.5. The Hall–Kier alpha value is -3.39. The molecule has 4 aromatic heterocycles. The van der Waals surface area contributed by atoms with Gasteiger partial charge in [0.2, 0.25) is 0 Å². The van der Waals surface area contributed by atoms with E-state index in [4.69, 9.17) is 9.97 Å². The average Bonchev–Trinajstić information content (AvgIpc) is 3.23. The number of rotatable bonds is 7. The van der Waals surface area contributed by atoms with Gasteiger partial charge in [0.25, 0.3) is 0 Å². The van der Waals surface area contributed by atoms with Crippen molar-refractivity contribution in [1.29, 1.82) is 0 Å². The highest BCUT2D eigenvalue weighted by molar-refractivity contribution is 5.88. The van der Waals surface area contributed by atoms with Crippen molar-refractivity contribution < 1.29 is 0 Å². The average molecular weight is 429 g/mol. The van der Waals surface area contributed by atoms with Crippen LogP contribution in [0.2, 0.25) is 0 Å². The molecular weight excluding hydrogens is 400 g/mol. The lowest BCUT2D eigenvalue weighted by molar-refractivity contribution is 0.412. The number of aromatic nitrogens is 6. The summed E-state index contributed by atoms with van der Waals surface area (Å²) in [7, 11) is 1.92. The van der Waals surface area contributed by atoms with E-state index >= 15 is 0 Å². The summed E-state index contributed by atoms with van der Waals surface area (Å²) in [6, 6.07) is 10.6.